The lowest BCUT2D eigenvalue weighted by Crippen LogP contribution is -2.51. The molecule has 1 spiro atoms. The summed E-state index contributed by atoms with van der Waals surface area (Å²) in [6.45, 7) is 3.40. The van der Waals surface area contributed by atoms with Gasteiger partial charge in [-0.15, -0.1) is 0 Å². The third kappa shape index (κ3) is 5.77. The first-order chi connectivity index (χ1) is 16.3. The predicted octanol–water partition coefficient (Wildman–Crippen LogP) is 2.01. The maximum absolute atomic E-state index is 12.9. The highest BCUT2D eigenvalue weighted by Gasteiger charge is 2.39. The molecule has 0 saturated carbocycles. The Morgan fingerprint density at radius 1 is 1.09 bits per heavy atom. The fourth-order valence-corrected chi connectivity index (χ4v) is 5.00. The molecule has 0 aromatic heterocycles. The fourth-order valence-electron chi connectivity index (χ4n) is 5.00. The summed E-state index contributed by atoms with van der Waals surface area (Å²) < 4.78 is 5.69. The van der Waals surface area contributed by atoms with Crippen molar-refractivity contribution in [3.8, 4) is 5.75 Å². The van der Waals surface area contributed by atoms with E-state index in [1.54, 1.807) is 6.07 Å². The Balaban J connectivity index is 1.44. The van der Waals surface area contributed by atoms with Crippen molar-refractivity contribution in [1.82, 2.24) is 10.2 Å². The van der Waals surface area contributed by atoms with Gasteiger partial charge in [0.05, 0.1) is 18.6 Å². The van der Waals surface area contributed by atoms with Gasteiger partial charge in [-0.3, -0.25) is 9.59 Å². The Morgan fingerprint density at radius 2 is 1.79 bits per heavy atom. The topological polar surface area (TPSA) is 99.1 Å². The van der Waals surface area contributed by atoms with Crippen LogP contribution in [0.2, 0.25) is 0 Å². The number of aliphatic hydroxyl groups excluding tert-OH is 2. The fraction of sp³-hybridized carbons (Fsp3) is 0.481. The molecule has 2 amide bonds. The molecule has 7 heteroatoms. The summed E-state index contributed by atoms with van der Waals surface area (Å²) in [5.41, 5.74) is 2.50. The number of nitrogens with zero attached hydrogens (tertiary/aromatic N) is 1. The second-order valence-electron chi connectivity index (χ2n) is 9.70. The molecule has 2 heterocycles. The van der Waals surface area contributed by atoms with Crippen molar-refractivity contribution in [3.05, 3.63) is 65.2 Å². The van der Waals surface area contributed by atoms with Crippen LogP contribution in [0.15, 0.2) is 48.5 Å². The van der Waals surface area contributed by atoms with Gasteiger partial charge >= 0.3 is 0 Å². The number of rotatable bonds is 2. The first-order valence-electron chi connectivity index (χ1n) is 12.0. The van der Waals surface area contributed by atoms with Crippen LogP contribution in [-0.2, 0) is 22.4 Å². The number of carbonyl (C=O) groups excluding carboxylic acids is 2. The number of aliphatic hydroxyl groups is 2. The molecule has 1 saturated heterocycles. The van der Waals surface area contributed by atoms with Crippen LogP contribution in [0.1, 0.15) is 36.0 Å². The lowest BCUT2D eigenvalue weighted by Gasteiger charge is -2.43. The molecule has 2 atom stereocenters. The summed E-state index contributed by atoms with van der Waals surface area (Å²) >= 11 is 0. The van der Waals surface area contributed by atoms with Gasteiger partial charge in [-0.2, -0.15) is 0 Å². The van der Waals surface area contributed by atoms with Crippen LogP contribution in [-0.4, -0.2) is 65.4 Å². The van der Waals surface area contributed by atoms with Gasteiger partial charge in [0.1, 0.15) is 5.75 Å². The average Bonchev–Trinajstić information content (AvgIpc) is 2.83. The minimum atomic E-state index is -0.947. The van der Waals surface area contributed by atoms with E-state index in [4.69, 9.17) is 4.74 Å². The number of carbonyl (C=O) groups is 2. The van der Waals surface area contributed by atoms with Gasteiger partial charge in [0.2, 0.25) is 5.91 Å². The zero-order valence-corrected chi connectivity index (χ0v) is 19.7. The number of para-hydroxylation sites is 1. The first kappa shape index (κ1) is 24.2. The molecule has 0 unspecified atom stereocenters. The number of fused-ring (bicyclic) bond motifs is 1. The first-order valence-corrected chi connectivity index (χ1v) is 12.0. The molecule has 0 aliphatic carbocycles. The number of piperidine rings is 1. The van der Waals surface area contributed by atoms with Crippen LogP contribution in [0, 0.1) is 12.3 Å². The Hall–Kier alpha value is -2.90. The summed E-state index contributed by atoms with van der Waals surface area (Å²) in [4.78, 5) is 27.3. The third-order valence-corrected chi connectivity index (χ3v) is 7.29. The minimum Gasteiger partial charge on any atom is -0.483 e. The van der Waals surface area contributed by atoms with E-state index in [1.807, 2.05) is 54.3 Å². The molecule has 4 rings (SSSR count). The monoisotopic (exact) mass is 466 g/mol. The van der Waals surface area contributed by atoms with E-state index in [0.29, 0.717) is 51.1 Å². The number of nitrogens with one attached hydrogen (secondary N) is 1. The molecule has 2 aromatic carbocycles. The van der Waals surface area contributed by atoms with Crippen molar-refractivity contribution >= 4 is 11.8 Å². The number of amides is 2. The van der Waals surface area contributed by atoms with E-state index in [1.165, 1.54) is 0 Å². The molecule has 0 radical (unpaired) electrons. The van der Waals surface area contributed by atoms with E-state index in [0.717, 1.165) is 16.7 Å². The van der Waals surface area contributed by atoms with Gasteiger partial charge in [-0.1, -0.05) is 42.5 Å². The van der Waals surface area contributed by atoms with E-state index >= 15 is 0 Å². The molecule has 2 aliphatic rings. The number of hydrogen-bond acceptors (Lipinski definition) is 5. The number of likely N-dealkylation sites (tertiary alicyclic amines) is 1. The molecule has 34 heavy (non-hydrogen) atoms. The van der Waals surface area contributed by atoms with Gasteiger partial charge in [-0.25, -0.2) is 0 Å². The Morgan fingerprint density at radius 3 is 2.56 bits per heavy atom. The lowest BCUT2D eigenvalue weighted by atomic mass is 9.73. The van der Waals surface area contributed by atoms with Crippen LogP contribution in [0.5, 0.6) is 5.75 Å². The van der Waals surface area contributed by atoms with Gasteiger partial charge in [-0.05, 0) is 54.4 Å². The van der Waals surface area contributed by atoms with Crippen LogP contribution < -0.4 is 10.1 Å². The standard InChI is InChI=1S/C27H34N2O5/c1-19-6-2-3-7-20(19)15-26(33)29-12-10-27(11-13-29)16-23(31)22(30)14-21-8-4-5-9-24(21)34-17-25(32)28-18-27/h2-9,22-23,30-31H,10-18H2,1H3,(H,28,32)/t22-,23+/m0/s1. The van der Waals surface area contributed by atoms with Crippen molar-refractivity contribution in [2.75, 3.05) is 26.2 Å². The van der Waals surface area contributed by atoms with Crippen LogP contribution >= 0.6 is 0 Å². The van der Waals surface area contributed by atoms with Gasteiger partial charge < -0.3 is 25.2 Å². The summed E-state index contributed by atoms with van der Waals surface area (Å²) in [6.07, 6.45) is 0.375. The summed E-state index contributed by atoms with van der Waals surface area (Å²) in [6, 6.07) is 15.2. The molecule has 3 N–H and O–H groups in total. The quantitative estimate of drug-likeness (QED) is 0.629. The molecule has 7 nitrogen and oxygen atoms in total. The SMILES string of the molecule is Cc1ccccc1CC(=O)N1CCC2(CC1)CNC(=O)COc1ccccc1C[C@H](O)[C@H](O)C2. The summed E-state index contributed by atoms with van der Waals surface area (Å²) in [5, 5.41) is 24.6. The van der Waals surface area contributed by atoms with Gasteiger partial charge in [0.15, 0.2) is 6.61 Å². The molecule has 0 bridgehead atoms. The van der Waals surface area contributed by atoms with Crippen molar-refractivity contribution in [2.24, 2.45) is 5.41 Å². The van der Waals surface area contributed by atoms with Crippen molar-refractivity contribution in [3.63, 3.8) is 0 Å². The van der Waals surface area contributed by atoms with Crippen LogP contribution in [0.25, 0.3) is 0 Å². The van der Waals surface area contributed by atoms with E-state index in [9.17, 15) is 19.8 Å². The van der Waals surface area contributed by atoms with Crippen molar-refractivity contribution < 1.29 is 24.5 Å². The zero-order chi connectivity index (χ0) is 24.1. The zero-order valence-electron chi connectivity index (χ0n) is 19.7. The highest BCUT2D eigenvalue weighted by Crippen LogP contribution is 2.37. The molecular weight excluding hydrogens is 432 g/mol. The summed E-state index contributed by atoms with van der Waals surface area (Å²) in [5.74, 6) is 0.412. The number of aryl methyl sites for hydroxylation is 1. The average molecular weight is 467 g/mol. The van der Waals surface area contributed by atoms with Crippen molar-refractivity contribution in [1.29, 1.82) is 0 Å². The molecule has 2 aliphatic heterocycles. The second kappa shape index (κ2) is 10.6. The predicted molar refractivity (Wildman–Crippen MR) is 128 cm³/mol. The lowest BCUT2D eigenvalue weighted by molar-refractivity contribution is -0.134. The highest BCUT2D eigenvalue weighted by molar-refractivity contribution is 5.79. The van der Waals surface area contributed by atoms with Crippen LogP contribution in [0.3, 0.4) is 0 Å². The van der Waals surface area contributed by atoms with E-state index < -0.39 is 17.6 Å². The number of ether oxygens (including phenoxy) is 1. The second-order valence-corrected chi connectivity index (χ2v) is 9.70. The molecule has 2 aromatic rings. The maximum atomic E-state index is 12.9. The molecule has 1 fully saturated rings. The normalized spacial score (nSPS) is 23.1. The third-order valence-electron chi connectivity index (χ3n) is 7.29. The van der Waals surface area contributed by atoms with E-state index in [2.05, 4.69) is 5.32 Å². The number of hydrogen-bond donors (Lipinski definition) is 3. The smallest absolute Gasteiger partial charge is 0.257 e. The van der Waals surface area contributed by atoms with Gasteiger partial charge in [0, 0.05) is 26.1 Å². The largest absolute Gasteiger partial charge is 0.483 e. The number of benzene rings is 2. The Kier molecular flexibility index (Phi) is 7.54. The Bertz CT molecular complexity index is 1020. The summed E-state index contributed by atoms with van der Waals surface area (Å²) in [7, 11) is 0. The van der Waals surface area contributed by atoms with Crippen molar-refractivity contribution in [2.45, 2.75) is 51.2 Å². The Labute approximate surface area is 200 Å². The molecule has 182 valence electrons. The van der Waals surface area contributed by atoms with Crippen LogP contribution in [0.4, 0.5) is 0 Å². The molecular formula is C27H34N2O5. The maximum Gasteiger partial charge on any atom is 0.257 e. The highest BCUT2D eigenvalue weighted by atomic mass is 16.5. The van der Waals surface area contributed by atoms with Gasteiger partial charge in [0.25, 0.3) is 5.91 Å². The minimum absolute atomic E-state index is 0.0897. The van der Waals surface area contributed by atoms with E-state index in [-0.39, 0.29) is 24.8 Å².